The van der Waals surface area contributed by atoms with E-state index < -0.39 is 17.7 Å². The van der Waals surface area contributed by atoms with Crippen LogP contribution in [0, 0.1) is 0 Å². The van der Waals surface area contributed by atoms with Crippen molar-refractivity contribution in [2.75, 3.05) is 7.11 Å². The van der Waals surface area contributed by atoms with Gasteiger partial charge in [-0.2, -0.15) is 13.2 Å². The first-order chi connectivity index (χ1) is 4.73. The van der Waals surface area contributed by atoms with Gasteiger partial charge in [0.2, 0.25) is 5.54 Å². The first-order valence-electron chi connectivity index (χ1n) is 2.67. The molecular weight excluding hydrogens is 199 g/mol. The minimum absolute atomic E-state index is 0. The first kappa shape index (κ1) is 14.1. The summed E-state index contributed by atoms with van der Waals surface area (Å²) in [5, 5.41) is 0. The van der Waals surface area contributed by atoms with Crippen molar-refractivity contribution in [2.45, 2.75) is 18.6 Å². The number of ether oxygens (including phenoxy) is 1. The quantitative estimate of drug-likeness (QED) is 0.649. The third-order valence-corrected chi connectivity index (χ3v) is 1.20. The van der Waals surface area contributed by atoms with Crippen LogP contribution in [0.2, 0.25) is 0 Å². The zero-order valence-electron chi connectivity index (χ0n) is 6.44. The van der Waals surface area contributed by atoms with Gasteiger partial charge in [-0.3, -0.25) is 0 Å². The second-order valence-corrected chi connectivity index (χ2v) is 2.19. The summed E-state index contributed by atoms with van der Waals surface area (Å²) in [7, 11) is 0.846. The summed E-state index contributed by atoms with van der Waals surface area (Å²) in [5.41, 5.74) is 1.73. The molecule has 0 aromatic rings. The van der Waals surface area contributed by atoms with Crippen molar-refractivity contribution in [2.24, 2.45) is 5.73 Å². The predicted octanol–water partition coefficient (Wildman–Crippen LogP) is 0.861. The van der Waals surface area contributed by atoms with Gasteiger partial charge in [0.05, 0.1) is 7.11 Å². The fraction of sp³-hybridized carbons (Fsp3) is 0.800. The van der Waals surface area contributed by atoms with Crippen LogP contribution in [0.4, 0.5) is 13.2 Å². The maximum absolute atomic E-state index is 11.8. The van der Waals surface area contributed by atoms with Crippen molar-refractivity contribution in [3.63, 3.8) is 0 Å². The van der Waals surface area contributed by atoms with Gasteiger partial charge < -0.3 is 10.5 Å². The van der Waals surface area contributed by atoms with Gasteiger partial charge in [0.15, 0.2) is 0 Å². The molecule has 0 aromatic carbocycles. The molecule has 2 N–H and O–H groups in total. The predicted molar refractivity (Wildman–Crippen MR) is 37.9 cm³/mol. The smallest absolute Gasteiger partial charge is 0.416 e. The minimum atomic E-state index is -4.78. The fourth-order valence-corrected chi connectivity index (χ4v) is 0.328. The van der Waals surface area contributed by atoms with E-state index in [0.29, 0.717) is 6.92 Å². The van der Waals surface area contributed by atoms with E-state index in [1.165, 1.54) is 0 Å². The molecule has 0 saturated carbocycles. The number of alkyl halides is 3. The third kappa shape index (κ3) is 2.53. The Kier molecular flexibility index (Phi) is 4.63. The third-order valence-electron chi connectivity index (χ3n) is 1.20. The molecule has 0 aliphatic carbocycles. The van der Waals surface area contributed by atoms with E-state index in [9.17, 15) is 18.0 Å². The molecule has 0 aliphatic rings. The molecular formula is C5H9ClF3NO2. The highest BCUT2D eigenvalue weighted by molar-refractivity contribution is 5.85. The van der Waals surface area contributed by atoms with Crippen LogP contribution in [0.5, 0.6) is 0 Å². The molecule has 7 heteroatoms. The SMILES string of the molecule is COC(=O)[C@](C)(N)C(F)(F)F.Cl. The number of carbonyl (C=O) groups excluding carboxylic acids is 1. The molecule has 0 spiro atoms. The van der Waals surface area contributed by atoms with Gasteiger partial charge in [0.25, 0.3) is 0 Å². The Bertz CT molecular complexity index is 169. The topological polar surface area (TPSA) is 52.3 Å². The van der Waals surface area contributed by atoms with Crippen molar-refractivity contribution >= 4 is 18.4 Å². The Morgan fingerprint density at radius 3 is 1.83 bits per heavy atom. The van der Waals surface area contributed by atoms with Crippen molar-refractivity contribution in [1.29, 1.82) is 0 Å². The zero-order valence-corrected chi connectivity index (χ0v) is 7.25. The molecule has 74 valence electrons. The minimum Gasteiger partial charge on any atom is -0.467 e. The molecule has 0 heterocycles. The Labute approximate surface area is 73.5 Å². The molecule has 1 atom stereocenters. The second kappa shape index (κ2) is 3.95. The number of halogens is 4. The lowest BCUT2D eigenvalue weighted by molar-refractivity contribution is -0.200. The van der Waals surface area contributed by atoms with Crippen molar-refractivity contribution in [3.05, 3.63) is 0 Å². The summed E-state index contributed by atoms with van der Waals surface area (Å²) in [4.78, 5) is 10.4. The van der Waals surface area contributed by atoms with Gasteiger partial charge in [0, 0.05) is 0 Å². The van der Waals surface area contributed by atoms with Crippen LogP contribution in [-0.4, -0.2) is 24.8 Å². The summed E-state index contributed by atoms with van der Waals surface area (Å²) in [6, 6.07) is 0. The van der Waals surface area contributed by atoms with Crippen molar-refractivity contribution in [1.82, 2.24) is 0 Å². The molecule has 3 nitrogen and oxygen atoms in total. The Morgan fingerprint density at radius 1 is 1.42 bits per heavy atom. The average molecular weight is 208 g/mol. The second-order valence-electron chi connectivity index (χ2n) is 2.19. The maximum Gasteiger partial charge on any atom is 0.416 e. The van der Waals surface area contributed by atoms with Gasteiger partial charge in [-0.15, -0.1) is 12.4 Å². The largest absolute Gasteiger partial charge is 0.467 e. The molecule has 0 fully saturated rings. The highest BCUT2D eigenvalue weighted by Crippen LogP contribution is 2.28. The molecule has 0 aliphatic heterocycles. The van der Waals surface area contributed by atoms with Crippen LogP contribution in [0.15, 0.2) is 0 Å². The van der Waals surface area contributed by atoms with E-state index >= 15 is 0 Å². The Balaban J connectivity index is 0. The van der Waals surface area contributed by atoms with Gasteiger partial charge >= 0.3 is 12.1 Å². The average Bonchev–Trinajstić information content (AvgIpc) is 1.83. The van der Waals surface area contributed by atoms with Crippen molar-refractivity contribution in [3.8, 4) is 0 Å². The molecule has 12 heavy (non-hydrogen) atoms. The molecule has 0 aromatic heterocycles. The highest BCUT2D eigenvalue weighted by atomic mass is 35.5. The van der Waals surface area contributed by atoms with Crippen molar-refractivity contribution < 1.29 is 22.7 Å². The maximum atomic E-state index is 11.8. The van der Waals surface area contributed by atoms with E-state index in [-0.39, 0.29) is 12.4 Å². The van der Waals surface area contributed by atoms with Crippen LogP contribution in [0.3, 0.4) is 0 Å². The van der Waals surface area contributed by atoms with Gasteiger partial charge in [-0.05, 0) is 6.92 Å². The monoisotopic (exact) mass is 207 g/mol. The number of esters is 1. The number of nitrogens with two attached hydrogens (primary N) is 1. The normalized spacial score (nSPS) is 15.8. The van der Waals surface area contributed by atoms with Gasteiger partial charge in [-0.1, -0.05) is 0 Å². The molecule has 0 rings (SSSR count). The molecule has 0 saturated heterocycles. The van der Waals surface area contributed by atoms with E-state index in [1.807, 2.05) is 0 Å². The van der Waals surface area contributed by atoms with E-state index in [1.54, 1.807) is 0 Å². The van der Waals surface area contributed by atoms with E-state index in [0.717, 1.165) is 7.11 Å². The zero-order chi connectivity index (χ0) is 9.28. The fourth-order valence-electron chi connectivity index (χ4n) is 0.328. The lowest BCUT2D eigenvalue weighted by Crippen LogP contribution is -2.57. The summed E-state index contributed by atoms with van der Waals surface area (Å²) >= 11 is 0. The number of methoxy groups -OCH3 is 1. The van der Waals surface area contributed by atoms with Crippen LogP contribution in [-0.2, 0) is 9.53 Å². The van der Waals surface area contributed by atoms with Crippen LogP contribution in [0.1, 0.15) is 6.92 Å². The summed E-state index contributed by atoms with van der Waals surface area (Å²) in [5.74, 6) is -1.50. The van der Waals surface area contributed by atoms with E-state index in [4.69, 9.17) is 0 Å². The summed E-state index contributed by atoms with van der Waals surface area (Å²) in [6.07, 6.45) is -4.78. The highest BCUT2D eigenvalue weighted by Gasteiger charge is 2.54. The van der Waals surface area contributed by atoms with Crippen LogP contribution in [0.25, 0.3) is 0 Å². The van der Waals surface area contributed by atoms with E-state index in [2.05, 4.69) is 10.5 Å². The number of hydrogen-bond donors (Lipinski definition) is 1. The summed E-state index contributed by atoms with van der Waals surface area (Å²) < 4.78 is 39.4. The molecule has 0 radical (unpaired) electrons. The summed E-state index contributed by atoms with van der Waals surface area (Å²) in [6.45, 7) is 0.554. The van der Waals surface area contributed by atoms with Crippen LogP contribution >= 0.6 is 12.4 Å². The molecule has 0 amide bonds. The number of hydrogen-bond acceptors (Lipinski definition) is 3. The van der Waals surface area contributed by atoms with Gasteiger partial charge in [-0.25, -0.2) is 4.79 Å². The lowest BCUT2D eigenvalue weighted by atomic mass is 10.0. The number of rotatable bonds is 1. The van der Waals surface area contributed by atoms with Gasteiger partial charge in [0.1, 0.15) is 0 Å². The Morgan fingerprint density at radius 2 is 1.75 bits per heavy atom. The molecule has 0 unspecified atom stereocenters. The number of carbonyl (C=O) groups is 1. The first-order valence-corrected chi connectivity index (χ1v) is 2.67. The van der Waals surface area contributed by atoms with Crippen LogP contribution < -0.4 is 5.73 Å². The Hall–Kier alpha value is -0.490. The lowest BCUT2D eigenvalue weighted by Gasteiger charge is -2.23. The molecule has 0 bridgehead atoms. The standard InChI is InChI=1S/C5H8F3NO2.ClH/c1-4(9,3(10)11-2)5(6,7)8;/h9H2,1-2H3;1H/t4-;/m0./s1.